The number of rotatable bonds is 2. The van der Waals surface area contributed by atoms with E-state index in [-0.39, 0.29) is 11.2 Å². The van der Waals surface area contributed by atoms with Crippen LogP contribution in [0.4, 0.5) is 0 Å². The minimum absolute atomic E-state index is 0.115. The van der Waals surface area contributed by atoms with Crippen LogP contribution < -0.4 is 5.43 Å². The molecule has 0 saturated carbocycles. The first kappa shape index (κ1) is 9.26. The number of aromatic carboxylic acids is 1. The van der Waals surface area contributed by atoms with Gasteiger partial charge in [-0.25, -0.2) is 4.79 Å². The fourth-order valence-electron chi connectivity index (χ4n) is 1.14. The van der Waals surface area contributed by atoms with Crippen molar-refractivity contribution >= 4 is 5.97 Å². The molecule has 0 spiro atoms. The zero-order chi connectivity index (χ0) is 10.8. The first-order chi connectivity index (χ1) is 7.16. The number of hydrogen-bond acceptors (Lipinski definition) is 3. The van der Waals surface area contributed by atoms with Gasteiger partial charge < -0.3 is 9.52 Å². The molecule has 76 valence electrons. The highest BCUT2D eigenvalue weighted by Gasteiger charge is 2.08. The number of pyridine rings is 1. The van der Waals surface area contributed by atoms with Crippen LogP contribution in [0.2, 0.25) is 0 Å². The summed E-state index contributed by atoms with van der Waals surface area (Å²) in [7, 11) is 0. The average molecular weight is 205 g/mol. The Morgan fingerprint density at radius 2 is 1.87 bits per heavy atom. The molecule has 0 amide bonds. The largest absolute Gasteiger partial charge is 0.475 e. The van der Waals surface area contributed by atoms with Gasteiger partial charge in [-0.05, 0) is 6.07 Å². The Labute approximate surface area is 84.2 Å². The third kappa shape index (κ3) is 1.80. The van der Waals surface area contributed by atoms with E-state index in [4.69, 9.17) is 9.52 Å². The van der Waals surface area contributed by atoms with Gasteiger partial charge in [-0.15, -0.1) is 0 Å². The van der Waals surface area contributed by atoms with Crippen molar-refractivity contribution in [3.8, 4) is 5.88 Å². The molecular weight excluding hydrogens is 198 g/mol. The Bertz CT molecular complexity index is 532. The Kier molecular flexibility index (Phi) is 2.13. The van der Waals surface area contributed by atoms with E-state index in [9.17, 15) is 9.59 Å². The molecule has 0 aliphatic carbocycles. The molecule has 2 rings (SSSR count). The minimum atomic E-state index is -1.12. The van der Waals surface area contributed by atoms with Crippen molar-refractivity contribution in [2.75, 3.05) is 0 Å². The maximum absolute atomic E-state index is 10.8. The van der Waals surface area contributed by atoms with Gasteiger partial charge in [0.1, 0.15) is 0 Å². The standard InChI is InChI=1S/C10H7NO4/c12-7-3-5-11(6-4-7)9-2-1-8(15-9)10(13)14/h1-6H,(H,13,14). The Morgan fingerprint density at radius 3 is 2.40 bits per heavy atom. The average Bonchev–Trinajstić information content (AvgIpc) is 2.68. The van der Waals surface area contributed by atoms with Gasteiger partial charge in [-0.3, -0.25) is 9.36 Å². The van der Waals surface area contributed by atoms with Crippen LogP contribution >= 0.6 is 0 Å². The molecule has 0 aliphatic rings. The molecule has 2 aromatic rings. The molecule has 2 heterocycles. The van der Waals surface area contributed by atoms with Crippen LogP contribution in [0, 0.1) is 0 Å². The van der Waals surface area contributed by atoms with Gasteiger partial charge in [0, 0.05) is 30.6 Å². The lowest BCUT2D eigenvalue weighted by atomic mass is 10.4. The summed E-state index contributed by atoms with van der Waals surface area (Å²) in [6.07, 6.45) is 3.01. The lowest BCUT2D eigenvalue weighted by molar-refractivity contribution is 0.0662. The normalized spacial score (nSPS) is 10.1. The highest BCUT2D eigenvalue weighted by atomic mass is 16.4. The molecule has 5 heteroatoms. The summed E-state index contributed by atoms with van der Waals surface area (Å²) >= 11 is 0. The Morgan fingerprint density at radius 1 is 1.20 bits per heavy atom. The number of carboxylic acids is 1. The Balaban J connectivity index is 2.41. The first-order valence-corrected chi connectivity index (χ1v) is 4.18. The van der Waals surface area contributed by atoms with E-state index in [1.165, 1.54) is 41.2 Å². The van der Waals surface area contributed by atoms with Crippen molar-refractivity contribution in [2.24, 2.45) is 0 Å². The number of nitrogens with zero attached hydrogens (tertiary/aromatic N) is 1. The van der Waals surface area contributed by atoms with Crippen molar-refractivity contribution in [3.05, 3.63) is 52.6 Å². The maximum Gasteiger partial charge on any atom is 0.371 e. The summed E-state index contributed by atoms with van der Waals surface area (Å²) in [5.41, 5.74) is -0.115. The van der Waals surface area contributed by atoms with Crippen molar-refractivity contribution in [1.82, 2.24) is 4.57 Å². The highest BCUT2D eigenvalue weighted by Crippen LogP contribution is 2.11. The van der Waals surface area contributed by atoms with E-state index in [0.29, 0.717) is 5.88 Å². The van der Waals surface area contributed by atoms with Crippen molar-refractivity contribution in [1.29, 1.82) is 0 Å². The van der Waals surface area contributed by atoms with Gasteiger partial charge >= 0.3 is 5.97 Å². The van der Waals surface area contributed by atoms with E-state index < -0.39 is 5.97 Å². The second-order valence-electron chi connectivity index (χ2n) is 2.88. The van der Waals surface area contributed by atoms with Gasteiger partial charge in [0.05, 0.1) is 0 Å². The SMILES string of the molecule is O=C(O)c1ccc(-n2ccc(=O)cc2)o1. The molecule has 0 saturated heterocycles. The van der Waals surface area contributed by atoms with Gasteiger partial charge in [-0.2, -0.15) is 0 Å². The quantitative estimate of drug-likeness (QED) is 0.797. The summed E-state index contributed by atoms with van der Waals surface area (Å²) < 4.78 is 6.55. The third-order valence-electron chi connectivity index (χ3n) is 1.86. The summed E-state index contributed by atoms with van der Waals surface area (Å²) in [4.78, 5) is 21.4. The molecule has 1 N–H and O–H groups in total. The monoisotopic (exact) mass is 205 g/mol. The minimum Gasteiger partial charge on any atom is -0.475 e. The summed E-state index contributed by atoms with van der Waals surface area (Å²) in [5.74, 6) is -0.904. The van der Waals surface area contributed by atoms with Crippen LogP contribution in [0.15, 0.2) is 45.9 Å². The molecule has 0 radical (unpaired) electrons. The van der Waals surface area contributed by atoms with Crippen molar-refractivity contribution in [2.45, 2.75) is 0 Å². The molecule has 0 aliphatic heterocycles. The van der Waals surface area contributed by atoms with Crippen LogP contribution in [-0.2, 0) is 0 Å². The predicted molar refractivity (Wildman–Crippen MR) is 51.3 cm³/mol. The maximum atomic E-state index is 10.8. The zero-order valence-electron chi connectivity index (χ0n) is 7.58. The first-order valence-electron chi connectivity index (χ1n) is 4.18. The number of carbonyl (C=O) groups is 1. The van der Waals surface area contributed by atoms with Gasteiger partial charge in [-0.1, -0.05) is 0 Å². The lowest BCUT2D eigenvalue weighted by Crippen LogP contribution is -2.00. The van der Waals surface area contributed by atoms with E-state index >= 15 is 0 Å². The van der Waals surface area contributed by atoms with Crippen molar-refractivity contribution in [3.63, 3.8) is 0 Å². The fraction of sp³-hybridized carbons (Fsp3) is 0. The molecule has 15 heavy (non-hydrogen) atoms. The van der Waals surface area contributed by atoms with Gasteiger partial charge in [0.25, 0.3) is 0 Å². The highest BCUT2D eigenvalue weighted by molar-refractivity contribution is 5.84. The summed E-state index contributed by atoms with van der Waals surface area (Å²) in [5, 5.41) is 8.64. The molecule has 0 aromatic carbocycles. The number of aromatic nitrogens is 1. The summed E-state index contributed by atoms with van der Waals surface area (Å²) in [6, 6.07) is 5.61. The molecule has 0 atom stereocenters. The van der Waals surface area contributed by atoms with E-state index in [1.807, 2.05) is 0 Å². The van der Waals surface area contributed by atoms with Crippen LogP contribution in [0.3, 0.4) is 0 Å². The zero-order valence-corrected chi connectivity index (χ0v) is 7.58. The van der Waals surface area contributed by atoms with E-state index in [1.54, 1.807) is 0 Å². The Hall–Kier alpha value is -2.30. The molecule has 0 fully saturated rings. The number of furan rings is 1. The topological polar surface area (TPSA) is 72.4 Å². The van der Waals surface area contributed by atoms with Gasteiger partial charge in [0.15, 0.2) is 5.43 Å². The molecule has 2 aromatic heterocycles. The fourth-order valence-corrected chi connectivity index (χ4v) is 1.14. The second-order valence-corrected chi connectivity index (χ2v) is 2.88. The number of carboxylic acid groups (broad SMARTS) is 1. The molecule has 0 unspecified atom stereocenters. The van der Waals surface area contributed by atoms with Gasteiger partial charge in [0.2, 0.25) is 11.6 Å². The van der Waals surface area contributed by atoms with Crippen LogP contribution in [0.5, 0.6) is 0 Å². The van der Waals surface area contributed by atoms with E-state index in [0.717, 1.165) is 0 Å². The lowest BCUT2D eigenvalue weighted by Gasteiger charge is -1.99. The number of hydrogen-bond donors (Lipinski definition) is 1. The summed E-state index contributed by atoms with van der Waals surface area (Å²) in [6.45, 7) is 0. The molecular formula is C10H7NO4. The van der Waals surface area contributed by atoms with Crippen molar-refractivity contribution < 1.29 is 14.3 Å². The predicted octanol–water partition coefficient (Wildman–Crippen LogP) is 1.13. The van der Waals surface area contributed by atoms with Crippen LogP contribution in [0.25, 0.3) is 5.88 Å². The van der Waals surface area contributed by atoms with Crippen LogP contribution in [0.1, 0.15) is 10.6 Å². The van der Waals surface area contributed by atoms with Crippen LogP contribution in [-0.4, -0.2) is 15.6 Å². The van der Waals surface area contributed by atoms with E-state index in [2.05, 4.69) is 0 Å². The smallest absolute Gasteiger partial charge is 0.371 e. The molecule has 0 bridgehead atoms. The second kappa shape index (κ2) is 3.45. The molecule has 5 nitrogen and oxygen atoms in total. The third-order valence-corrected chi connectivity index (χ3v) is 1.86.